The second kappa shape index (κ2) is 10.4. The van der Waals surface area contributed by atoms with E-state index in [2.05, 4.69) is 25.0 Å². The number of benzene rings is 1. The van der Waals surface area contributed by atoms with Crippen molar-refractivity contribution in [2.24, 2.45) is 0 Å². The van der Waals surface area contributed by atoms with Gasteiger partial charge in [-0.2, -0.15) is 0 Å². The number of fused-ring (bicyclic) bond motifs is 3. The average Bonchev–Trinajstić information content (AvgIpc) is 3.67. The van der Waals surface area contributed by atoms with E-state index in [9.17, 15) is 18.0 Å². The van der Waals surface area contributed by atoms with E-state index in [0.29, 0.717) is 53.1 Å². The number of carbonyl (C=O) groups excluding carboxylic acids is 2. The van der Waals surface area contributed by atoms with Gasteiger partial charge in [-0.25, -0.2) is 27.9 Å². The molecule has 12 nitrogen and oxygen atoms in total. The Labute approximate surface area is 240 Å². The highest BCUT2D eigenvalue weighted by atomic mass is 32.2. The van der Waals surface area contributed by atoms with Crippen LogP contribution in [0, 0.1) is 0 Å². The molecule has 1 fully saturated rings. The van der Waals surface area contributed by atoms with Gasteiger partial charge in [0.25, 0.3) is 0 Å². The Morgan fingerprint density at radius 2 is 2.00 bits per heavy atom. The second-order valence-corrected chi connectivity index (χ2v) is 12.8. The van der Waals surface area contributed by atoms with Gasteiger partial charge in [-0.3, -0.25) is 20.0 Å². The summed E-state index contributed by atoms with van der Waals surface area (Å²) in [5, 5.41) is 3.25. The highest BCUT2D eigenvalue weighted by molar-refractivity contribution is 7.89. The summed E-state index contributed by atoms with van der Waals surface area (Å²) in [6, 6.07) is 11.4. The monoisotopic (exact) mass is 593 g/mol. The Kier molecular flexibility index (Phi) is 6.83. The molecule has 0 saturated carbocycles. The van der Waals surface area contributed by atoms with Gasteiger partial charge >= 0.3 is 6.03 Å². The first-order valence-corrected chi connectivity index (χ1v) is 15.2. The van der Waals surface area contributed by atoms with Crippen LogP contribution in [-0.2, 0) is 26.8 Å². The summed E-state index contributed by atoms with van der Waals surface area (Å²) < 4.78 is 34.3. The molecule has 2 aliphatic heterocycles. The zero-order valence-corrected chi connectivity index (χ0v) is 24.0. The Morgan fingerprint density at radius 1 is 1.15 bits per heavy atom. The first-order valence-electron chi connectivity index (χ1n) is 12.9. The predicted molar refractivity (Wildman–Crippen MR) is 154 cm³/mol. The summed E-state index contributed by atoms with van der Waals surface area (Å²) in [7, 11) is -2.34. The van der Waals surface area contributed by atoms with Gasteiger partial charge in [0.1, 0.15) is 10.3 Å². The van der Waals surface area contributed by atoms with Crippen LogP contribution in [0.5, 0.6) is 5.88 Å². The molecule has 2 N–H and O–H groups in total. The van der Waals surface area contributed by atoms with Crippen LogP contribution in [0.25, 0.3) is 10.3 Å². The second-order valence-electron chi connectivity index (χ2n) is 10.0. The molecular weight excluding hydrogens is 566 g/mol. The number of nitrogens with one attached hydrogen (secondary N) is 2. The molecule has 41 heavy (non-hydrogen) atoms. The van der Waals surface area contributed by atoms with Crippen molar-refractivity contribution in [1.82, 2.24) is 24.6 Å². The summed E-state index contributed by atoms with van der Waals surface area (Å²) in [6.45, 7) is 2.80. The molecule has 3 aromatic heterocycles. The van der Waals surface area contributed by atoms with Crippen molar-refractivity contribution < 1.29 is 22.7 Å². The SMILES string of the molecule is COc1ccc2nc(NC(=O)N3CC4(CCN(C(C)=O)C4)c4cc(S(=O)(=O)NCc5cccnc5)ccc43)sc2n1. The molecule has 0 bridgehead atoms. The number of sulfonamides is 1. The van der Waals surface area contributed by atoms with E-state index < -0.39 is 21.5 Å². The van der Waals surface area contributed by atoms with E-state index in [0.717, 1.165) is 11.1 Å². The molecule has 0 aliphatic carbocycles. The minimum atomic E-state index is -3.87. The molecule has 1 saturated heterocycles. The summed E-state index contributed by atoms with van der Waals surface area (Å²) in [5.74, 6) is 0.386. The van der Waals surface area contributed by atoms with Crippen molar-refractivity contribution in [3.8, 4) is 5.88 Å². The maximum absolute atomic E-state index is 13.6. The Bertz CT molecular complexity index is 1760. The van der Waals surface area contributed by atoms with Gasteiger partial charge in [0.2, 0.25) is 21.8 Å². The number of carbonyl (C=O) groups is 2. The summed E-state index contributed by atoms with van der Waals surface area (Å²) >= 11 is 1.23. The third-order valence-electron chi connectivity index (χ3n) is 7.49. The number of methoxy groups -OCH3 is 1. The van der Waals surface area contributed by atoms with Crippen molar-refractivity contribution in [2.45, 2.75) is 30.2 Å². The number of urea groups is 1. The molecule has 5 heterocycles. The molecule has 1 aromatic carbocycles. The molecule has 6 rings (SSSR count). The number of rotatable bonds is 6. The van der Waals surface area contributed by atoms with Crippen LogP contribution in [0.4, 0.5) is 15.6 Å². The lowest BCUT2D eigenvalue weighted by atomic mass is 9.81. The predicted octanol–water partition coefficient (Wildman–Crippen LogP) is 3.12. The van der Waals surface area contributed by atoms with E-state index >= 15 is 0 Å². The summed E-state index contributed by atoms with van der Waals surface area (Å²) in [6.07, 6.45) is 3.82. The Balaban J connectivity index is 1.30. The molecule has 14 heteroatoms. The smallest absolute Gasteiger partial charge is 0.328 e. The highest BCUT2D eigenvalue weighted by Crippen LogP contribution is 2.47. The lowest BCUT2D eigenvalue weighted by Gasteiger charge is -2.25. The Hall–Kier alpha value is -4.14. The molecule has 0 radical (unpaired) electrons. The molecule has 4 aromatic rings. The van der Waals surface area contributed by atoms with Gasteiger partial charge in [0.15, 0.2) is 5.13 Å². The molecule has 1 unspecified atom stereocenters. The van der Waals surface area contributed by atoms with Crippen LogP contribution >= 0.6 is 11.3 Å². The minimum absolute atomic E-state index is 0.0642. The lowest BCUT2D eigenvalue weighted by Crippen LogP contribution is -2.41. The van der Waals surface area contributed by atoms with Crippen LogP contribution in [0.2, 0.25) is 0 Å². The maximum atomic E-state index is 13.6. The standard InChI is InChI=1S/C27H27N7O5S2/c1-17(35)33-11-9-27(15-33)16-34(26(36)32-25-30-21-6-8-23(39-2)31-24(21)40-25)22-7-5-19(12-20(22)27)41(37,38)29-14-18-4-3-10-28-13-18/h3-8,10,12-13,29H,9,11,14-16H2,1-2H3,(H,30,32,36). The molecule has 1 atom stereocenters. The first kappa shape index (κ1) is 27.1. The number of anilines is 2. The van der Waals surface area contributed by atoms with Crippen LogP contribution < -0.4 is 19.7 Å². The molecular formula is C27H27N7O5S2. The van der Waals surface area contributed by atoms with Crippen molar-refractivity contribution in [2.75, 3.05) is 37.0 Å². The number of pyridine rings is 2. The maximum Gasteiger partial charge on any atom is 0.328 e. The fourth-order valence-electron chi connectivity index (χ4n) is 5.38. The molecule has 212 valence electrons. The zero-order chi connectivity index (χ0) is 28.8. The Morgan fingerprint density at radius 3 is 2.73 bits per heavy atom. The van der Waals surface area contributed by atoms with Gasteiger partial charge in [0.05, 0.1) is 12.0 Å². The lowest BCUT2D eigenvalue weighted by molar-refractivity contribution is -0.127. The van der Waals surface area contributed by atoms with E-state index in [1.807, 2.05) is 0 Å². The number of ether oxygens (including phenoxy) is 1. The number of hydrogen-bond donors (Lipinski definition) is 2. The van der Waals surface area contributed by atoms with E-state index in [-0.39, 0.29) is 17.3 Å². The third-order valence-corrected chi connectivity index (χ3v) is 9.77. The van der Waals surface area contributed by atoms with Crippen molar-refractivity contribution in [3.63, 3.8) is 0 Å². The van der Waals surface area contributed by atoms with Gasteiger partial charge in [-0.15, -0.1) is 0 Å². The number of aromatic nitrogens is 3. The fraction of sp³-hybridized carbons (Fsp3) is 0.296. The van der Waals surface area contributed by atoms with Crippen LogP contribution in [0.3, 0.4) is 0 Å². The van der Waals surface area contributed by atoms with Gasteiger partial charge in [-0.05, 0) is 47.9 Å². The van der Waals surface area contributed by atoms with Crippen molar-refractivity contribution >= 4 is 54.5 Å². The quantitative estimate of drug-likeness (QED) is 0.347. The number of hydrogen-bond acceptors (Lipinski definition) is 9. The molecule has 2 aliphatic rings. The zero-order valence-electron chi connectivity index (χ0n) is 22.3. The number of thiazole rings is 1. The molecule has 3 amide bonds. The number of amides is 3. The first-order chi connectivity index (χ1) is 19.7. The topological polar surface area (TPSA) is 147 Å². The van der Waals surface area contributed by atoms with Crippen LogP contribution in [0.1, 0.15) is 24.5 Å². The van der Waals surface area contributed by atoms with E-state index in [4.69, 9.17) is 4.74 Å². The number of likely N-dealkylation sites (tertiary alicyclic amines) is 1. The minimum Gasteiger partial charge on any atom is -0.481 e. The van der Waals surface area contributed by atoms with E-state index in [1.54, 1.807) is 58.6 Å². The average molecular weight is 594 g/mol. The highest BCUT2D eigenvalue weighted by Gasteiger charge is 2.50. The van der Waals surface area contributed by atoms with Crippen molar-refractivity contribution in [1.29, 1.82) is 0 Å². The fourth-order valence-corrected chi connectivity index (χ4v) is 7.24. The van der Waals surface area contributed by atoms with Gasteiger partial charge < -0.3 is 9.64 Å². The van der Waals surface area contributed by atoms with Gasteiger partial charge in [-0.1, -0.05) is 17.4 Å². The van der Waals surface area contributed by atoms with Crippen molar-refractivity contribution in [3.05, 3.63) is 66.0 Å². The summed E-state index contributed by atoms with van der Waals surface area (Å²) in [5.41, 5.74) is 2.07. The van der Waals surface area contributed by atoms with E-state index in [1.165, 1.54) is 31.4 Å². The van der Waals surface area contributed by atoms with Crippen LogP contribution in [-0.4, -0.2) is 67.0 Å². The normalized spacial score (nSPS) is 18.2. The largest absolute Gasteiger partial charge is 0.481 e. The van der Waals surface area contributed by atoms with Gasteiger partial charge in [0, 0.05) is 62.7 Å². The van der Waals surface area contributed by atoms with Crippen LogP contribution in [0.15, 0.2) is 59.8 Å². The number of nitrogens with zero attached hydrogens (tertiary/aromatic N) is 5. The molecule has 1 spiro atoms. The summed E-state index contributed by atoms with van der Waals surface area (Å²) in [4.78, 5) is 42.7. The third kappa shape index (κ3) is 5.09.